The predicted octanol–water partition coefficient (Wildman–Crippen LogP) is 3.87. The highest BCUT2D eigenvalue weighted by atomic mass is 19.3. The smallest absolute Gasteiger partial charge is 0.324 e. The molecule has 2 saturated heterocycles. The van der Waals surface area contributed by atoms with Gasteiger partial charge in [-0.2, -0.15) is 13.8 Å². The number of anilines is 2. The van der Waals surface area contributed by atoms with Gasteiger partial charge in [0.25, 0.3) is 5.91 Å². The van der Waals surface area contributed by atoms with Gasteiger partial charge in [0.05, 0.1) is 5.56 Å². The Morgan fingerprint density at radius 2 is 1.88 bits per heavy atom. The number of rotatable bonds is 7. The predicted molar refractivity (Wildman–Crippen MR) is 147 cm³/mol. The molecule has 3 aliphatic rings. The van der Waals surface area contributed by atoms with Crippen LogP contribution in [0.15, 0.2) is 40.2 Å². The first kappa shape index (κ1) is 29.0. The van der Waals surface area contributed by atoms with Crippen LogP contribution in [-0.4, -0.2) is 81.9 Å². The van der Waals surface area contributed by atoms with Gasteiger partial charge in [-0.25, -0.2) is 14.4 Å². The molecule has 0 radical (unpaired) electrons. The van der Waals surface area contributed by atoms with Crippen molar-refractivity contribution in [1.29, 1.82) is 0 Å². The first-order chi connectivity index (χ1) is 19.5. The summed E-state index contributed by atoms with van der Waals surface area (Å²) < 4.78 is 46.9. The number of allylic oxidation sites excluding steroid dienone is 3. The number of nitrogens with zero attached hydrogens (tertiary/aromatic N) is 7. The van der Waals surface area contributed by atoms with Crippen molar-refractivity contribution in [2.24, 2.45) is 11.7 Å². The average molecular weight is 575 g/mol. The molecule has 5 rings (SSSR count). The van der Waals surface area contributed by atoms with Crippen molar-refractivity contribution in [2.75, 3.05) is 42.5 Å². The minimum Gasteiger partial charge on any atom is -0.339 e. The van der Waals surface area contributed by atoms with Crippen molar-refractivity contribution in [3.63, 3.8) is 0 Å². The van der Waals surface area contributed by atoms with Gasteiger partial charge in [-0.15, -0.1) is 0 Å². The Kier molecular flexibility index (Phi) is 8.35. The first-order valence-electron chi connectivity index (χ1n) is 14.2. The van der Waals surface area contributed by atoms with Crippen LogP contribution in [0.3, 0.4) is 0 Å². The molecule has 1 amide bonds. The maximum Gasteiger partial charge on any atom is 0.324 e. The molecular formula is C28H37F3N8O2. The van der Waals surface area contributed by atoms with Crippen LogP contribution in [0.4, 0.5) is 25.1 Å². The molecule has 13 heteroatoms. The summed E-state index contributed by atoms with van der Waals surface area (Å²) in [6.45, 7) is 7.11. The zero-order chi connectivity index (χ0) is 29.3. The van der Waals surface area contributed by atoms with Crippen LogP contribution in [0.2, 0.25) is 0 Å². The van der Waals surface area contributed by atoms with Crippen molar-refractivity contribution in [2.45, 2.75) is 70.6 Å². The number of halogens is 3. The SMILES string of the molecule is CCN(C(=O)c1cnc(N2CC(N)C(C3=CC(C)=CCCC3F)C2)nc1)C1CCN(c2nc(C(C)(F)F)no2)CC1. The van der Waals surface area contributed by atoms with Gasteiger partial charge in [0.1, 0.15) is 6.17 Å². The second-order valence-electron chi connectivity index (χ2n) is 11.2. The number of hydrogen-bond donors (Lipinski definition) is 1. The van der Waals surface area contributed by atoms with Crippen LogP contribution >= 0.6 is 0 Å². The highest BCUT2D eigenvalue weighted by molar-refractivity contribution is 5.94. The fraction of sp³-hybridized carbons (Fsp3) is 0.607. The largest absolute Gasteiger partial charge is 0.339 e. The molecule has 0 bridgehead atoms. The molecule has 222 valence electrons. The van der Waals surface area contributed by atoms with Gasteiger partial charge < -0.3 is 25.0 Å². The monoisotopic (exact) mass is 574 g/mol. The van der Waals surface area contributed by atoms with Gasteiger partial charge in [0, 0.05) is 70.0 Å². The molecule has 1 aliphatic carbocycles. The average Bonchev–Trinajstić information content (AvgIpc) is 3.56. The number of hydrogen-bond acceptors (Lipinski definition) is 9. The third-order valence-electron chi connectivity index (χ3n) is 8.19. The van der Waals surface area contributed by atoms with Gasteiger partial charge in [0.2, 0.25) is 11.8 Å². The lowest BCUT2D eigenvalue weighted by Crippen LogP contribution is -2.47. The Bertz CT molecular complexity index is 1280. The number of piperidine rings is 1. The third-order valence-corrected chi connectivity index (χ3v) is 8.19. The van der Waals surface area contributed by atoms with Crippen molar-refractivity contribution in [3.05, 3.63) is 47.1 Å². The molecule has 3 unspecified atom stereocenters. The van der Waals surface area contributed by atoms with E-state index in [0.29, 0.717) is 69.9 Å². The topological polar surface area (TPSA) is 118 Å². The Morgan fingerprint density at radius 1 is 1.17 bits per heavy atom. The molecular weight excluding hydrogens is 537 g/mol. The maximum absolute atomic E-state index is 14.9. The van der Waals surface area contributed by atoms with E-state index in [1.165, 1.54) is 12.4 Å². The van der Waals surface area contributed by atoms with E-state index in [9.17, 15) is 18.0 Å². The number of alkyl halides is 3. The molecule has 41 heavy (non-hydrogen) atoms. The molecule has 2 aliphatic heterocycles. The van der Waals surface area contributed by atoms with Crippen molar-refractivity contribution in [1.82, 2.24) is 25.0 Å². The summed E-state index contributed by atoms with van der Waals surface area (Å²) in [5.41, 5.74) is 8.62. The molecule has 2 aromatic rings. The van der Waals surface area contributed by atoms with E-state index in [2.05, 4.69) is 26.2 Å². The lowest BCUT2D eigenvalue weighted by Gasteiger charge is -2.37. The highest BCUT2D eigenvalue weighted by Crippen LogP contribution is 2.33. The zero-order valence-electron chi connectivity index (χ0n) is 23.6. The van der Waals surface area contributed by atoms with Crippen LogP contribution in [0.25, 0.3) is 0 Å². The molecule has 10 nitrogen and oxygen atoms in total. The highest BCUT2D eigenvalue weighted by Gasteiger charge is 2.38. The lowest BCUT2D eigenvalue weighted by atomic mass is 9.89. The fourth-order valence-electron chi connectivity index (χ4n) is 5.94. The Balaban J connectivity index is 1.20. The number of aromatic nitrogens is 4. The zero-order valence-corrected chi connectivity index (χ0v) is 23.6. The minimum absolute atomic E-state index is 0.0465. The quantitative estimate of drug-likeness (QED) is 0.526. The number of carbonyl (C=O) groups excluding carboxylic acids is 1. The maximum atomic E-state index is 14.9. The summed E-state index contributed by atoms with van der Waals surface area (Å²) in [4.78, 5) is 31.7. The van der Waals surface area contributed by atoms with Gasteiger partial charge >= 0.3 is 11.9 Å². The number of nitrogens with two attached hydrogens (primary N) is 1. The van der Waals surface area contributed by atoms with Crippen LogP contribution in [-0.2, 0) is 5.92 Å². The van der Waals surface area contributed by atoms with Gasteiger partial charge in [-0.1, -0.05) is 22.9 Å². The van der Waals surface area contributed by atoms with Crippen LogP contribution in [0, 0.1) is 5.92 Å². The van der Waals surface area contributed by atoms with E-state index in [1.807, 2.05) is 24.8 Å². The lowest BCUT2D eigenvalue weighted by molar-refractivity contribution is 0.00558. The number of carbonyl (C=O) groups is 1. The van der Waals surface area contributed by atoms with E-state index in [0.717, 1.165) is 18.1 Å². The fourth-order valence-corrected chi connectivity index (χ4v) is 5.94. The summed E-state index contributed by atoms with van der Waals surface area (Å²) in [6.07, 6.45) is 8.44. The van der Waals surface area contributed by atoms with Crippen LogP contribution in [0.5, 0.6) is 0 Å². The third kappa shape index (κ3) is 6.24. The molecule has 0 saturated carbocycles. The van der Waals surface area contributed by atoms with Gasteiger partial charge in [0.15, 0.2) is 0 Å². The first-order valence-corrected chi connectivity index (χ1v) is 14.2. The summed E-state index contributed by atoms with van der Waals surface area (Å²) >= 11 is 0. The molecule has 2 fully saturated rings. The van der Waals surface area contributed by atoms with E-state index >= 15 is 0 Å². The molecule has 2 aromatic heterocycles. The van der Waals surface area contributed by atoms with Gasteiger partial charge in [-0.3, -0.25) is 4.79 Å². The van der Waals surface area contributed by atoms with Crippen LogP contribution < -0.4 is 15.5 Å². The second kappa shape index (κ2) is 11.8. The standard InChI is InChI=1S/C28H37F3N8O2/c1-4-39(19-8-10-37(11-9-19)27-35-25(36-41-27)28(3,30)31)24(40)18-13-33-26(34-14-18)38-15-21(23(32)16-38)20-12-17(2)6-5-7-22(20)29/h6,12-14,19,21-23H,4-5,7-11,15-16,32H2,1-3H3. The normalized spacial score (nSPS) is 24.2. The van der Waals surface area contributed by atoms with E-state index < -0.39 is 17.9 Å². The van der Waals surface area contributed by atoms with Crippen molar-refractivity contribution in [3.8, 4) is 0 Å². The van der Waals surface area contributed by atoms with Crippen molar-refractivity contribution < 1.29 is 22.5 Å². The summed E-state index contributed by atoms with van der Waals surface area (Å²) in [7, 11) is 0. The van der Waals surface area contributed by atoms with E-state index in [1.54, 1.807) is 9.80 Å². The molecule has 4 heterocycles. The van der Waals surface area contributed by atoms with Gasteiger partial charge in [-0.05, 0) is 45.1 Å². The second-order valence-corrected chi connectivity index (χ2v) is 11.2. The molecule has 3 atom stereocenters. The van der Waals surface area contributed by atoms with E-state index in [4.69, 9.17) is 10.3 Å². The molecule has 0 spiro atoms. The Morgan fingerprint density at radius 3 is 2.51 bits per heavy atom. The van der Waals surface area contributed by atoms with E-state index in [-0.39, 0.29) is 29.9 Å². The summed E-state index contributed by atoms with van der Waals surface area (Å²) in [5, 5.41) is 3.39. The van der Waals surface area contributed by atoms with Crippen LogP contribution in [0.1, 0.15) is 62.6 Å². The molecule has 0 aromatic carbocycles. The minimum atomic E-state index is -3.17. The Labute approximate surface area is 237 Å². The van der Waals surface area contributed by atoms with Crippen molar-refractivity contribution >= 4 is 17.9 Å². The Hall–Kier alpha value is -3.48. The number of amides is 1. The summed E-state index contributed by atoms with van der Waals surface area (Å²) in [5.74, 6) is -3.66. The molecule has 2 N–H and O–H groups in total. The summed E-state index contributed by atoms with van der Waals surface area (Å²) in [6, 6.07) is -0.227.